The Labute approximate surface area is 133 Å². The van der Waals surface area contributed by atoms with Gasteiger partial charge in [-0.2, -0.15) is 0 Å². The molecule has 2 aliphatic heterocycles. The van der Waals surface area contributed by atoms with Gasteiger partial charge in [0, 0.05) is 12.0 Å². The molecule has 0 unspecified atom stereocenters. The first-order valence-corrected chi connectivity index (χ1v) is 9.06. The molecule has 0 aromatic carbocycles. The van der Waals surface area contributed by atoms with E-state index in [9.17, 15) is 4.79 Å². The molecule has 126 valence electrons. The molecule has 5 nitrogen and oxygen atoms in total. The van der Waals surface area contributed by atoms with Crippen molar-refractivity contribution in [1.82, 2.24) is 10.2 Å². The summed E-state index contributed by atoms with van der Waals surface area (Å²) in [5.41, 5.74) is 0. The quantitative estimate of drug-likeness (QED) is 0.806. The summed E-state index contributed by atoms with van der Waals surface area (Å²) in [5.74, 6) is 0.711. The lowest BCUT2D eigenvalue weighted by Crippen LogP contribution is -2.45. The van der Waals surface area contributed by atoms with Crippen LogP contribution in [-0.2, 0) is 14.3 Å². The Morgan fingerprint density at radius 2 is 1.59 bits per heavy atom. The monoisotopic (exact) mass is 310 g/mol. The van der Waals surface area contributed by atoms with Crippen LogP contribution in [0.4, 0.5) is 0 Å². The fraction of sp³-hybridized carbons (Fsp3) is 0.941. The maximum atomic E-state index is 12.2. The molecule has 0 spiro atoms. The summed E-state index contributed by atoms with van der Waals surface area (Å²) in [4.78, 5) is 14.5. The summed E-state index contributed by atoms with van der Waals surface area (Å²) >= 11 is 0. The molecule has 2 saturated heterocycles. The van der Waals surface area contributed by atoms with Crippen molar-refractivity contribution in [2.45, 2.75) is 63.7 Å². The topological polar surface area (TPSA) is 50.8 Å². The summed E-state index contributed by atoms with van der Waals surface area (Å²) in [7, 11) is 0. The summed E-state index contributed by atoms with van der Waals surface area (Å²) < 4.78 is 11.2. The SMILES string of the molecule is O=C(CN1CCC(C2OCCO2)CC1)NC1CCCCCC1. The van der Waals surface area contributed by atoms with E-state index in [0.29, 0.717) is 18.5 Å². The number of carbonyl (C=O) groups is 1. The van der Waals surface area contributed by atoms with Crippen LogP contribution < -0.4 is 5.32 Å². The van der Waals surface area contributed by atoms with E-state index in [1.54, 1.807) is 0 Å². The van der Waals surface area contributed by atoms with Gasteiger partial charge in [0.25, 0.3) is 0 Å². The second-order valence-electron chi connectivity index (χ2n) is 6.98. The van der Waals surface area contributed by atoms with E-state index in [1.165, 1.54) is 25.7 Å². The molecule has 3 aliphatic rings. The van der Waals surface area contributed by atoms with Gasteiger partial charge < -0.3 is 14.8 Å². The highest BCUT2D eigenvalue weighted by molar-refractivity contribution is 5.78. The van der Waals surface area contributed by atoms with E-state index in [2.05, 4.69) is 10.2 Å². The van der Waals surface area contributed by atoms with Crippen LogP contribution in [0.25, 0.3) is 0 Å². The predicted octanol–water partition coefficient (Wildman–Crippen LogP) is 1.91. The number of rotatable bonds is 4. The van der Waals surface area contributed by atoms with Crippen LogP contribution in [-0.4, -0.2) is 56.0 Å². The molecule has 5 heteroatoms. The van der Waals surface area contributed by atoms with Gasteiger partial charge in [-0.15, -0.1) is 0 Å². The molecule has 1 N–H and O–H groups in total. The smallest absolute Gasteiger partial charge is 0.234 e. The molecule has 1 saturated carbocycles. The summed E-state index contributed by atoms with van der Waals surface area (Å²) in [6.45, 7) is 3.97. The van der Waals surface area contributed by atoms with Crippen LogP contribution >= 0.6 is 0 Å². The largest absolute Gasteiger partial charge is 0.352 e. The molecule has 1 aliphatic carbocycles. The van der Waals surface area contributed by atoms with E-state index < -0.39 is 0 Å². The lowest BCUT2D eigenvalue weighted by Gasteiger charge is -2.33. The number of nitrogens with zero attached hydrogens (tertiary/aromatic N) is 1. The van der Waals surface area contributed by atoms with Crippen LogP contribution in [0.5, 0.6) is 0 Å². The first-order valence-electron chi connectivity index (χ1n) is 9.06. The maximum Gasteiger partial charge on any atom is 0.234 e. The van der Waals surface area contributed by atoms with E-state index in [1.807, 2.05) is 0 Å². The highest BCUT2D eigenvalue weighted by atomic mass is 16.7. The Hall–Kier alpha value is -0.650. The van der Waals surface area contributed by atoms with Crippen molar-refractivity contribution in [2.75, 3.05) is 32.8 Å². The van der Waals surface area contributed by atoms with Crippen molar-refractivity contribution < 1.29 is 14.3 Å². The van der Waals surface area contributed by atoms with E-state index >= 15 is 0 Å². The van der Waals surface area contributed by atoms with Gasteiger partial charge in [0.15, 0.2) is 6.29 Å². The van der Waals surface area contributed by atoms with Crippen LogP contribution in [0.3, 0.4) is 0 Å². The molecule has 0 bridgehead atoms. The van der Waals surface area contributed by atoms with Gasteiger partial charge in [-0.05, 0) is 38.8 Å². The molecule has 0 aromatic heterocycles. The number of nitrogens with one attached hydrogen (secondary N) is 1. The van der Waals surface area contributed by atoms with Crippen molar-refractivity contribution in [3.8, 4) is 0 Å². The zero-order valence-corrected chi connectivity index (χ0v) is 13.6. The highest BCUT2D eigenvalue weighted by Crippen LogP contribution is 2.25. The summed E-state index contributed by atoms with van der Waals surface area (Å²) in [5, 5.41) is 3.24. The second kappa shape index (κ2) is 8.27. The average molecular weight is 310 g/mol. The Kier molecular flexibility index (Phi) is 6.10. The van der Waals surface area contributed by atoms with E-state index in [4.69, 9.17) is 9.47 Å². The summed E-state index contributed by atoms with van der Waals surface area (Å²) in [6.07, 6.45) is 9.63. The first kappa shape index (κ1) is 16.2. The molecular weight excluding hydrogens is 280 g/mol. The lowest BCUT2D eigenvalue weighted by molar-refractivity contribution is -0.124. The van der Waals surface area contributed by atoms with Gasteiger partial charge >= 0.3 is 0 Å². The van der Waals surface area contributed by atoms with Crippen LogP contribution in [0.15, 0.2) is 0 Å². The molecule has 3 rings (SSSR count). The van der Waals surface area contributed by atoms with Crippen LogP contribution in [0.1, 0.15) is 51.4 Å². The average Bonchev–Trinajstić information content (AvgIpc) is 2.94. The molecule has 0 aromatic rings. The highest BCUT2D eigenvalue weighted by Gasteiger charge is 2.30. The number of hydrogen-bond acceptors (Lipinski definition) is 4. The third-order valence-electron chi connectivity index (χ3n) is 5.25. The van der Waals surface area contributed by atoms with Gasteiger partial charge in [0.05, 0.1) is 19.8 Å². The van der Waals surface area contributed by atoms with Crippen molar-refractivity contribution in [1.29, 1.82) is 0 Å². The number of amides is 1. The Morgan fingerprint density at radius 1 is 0.955 bits per heavy atom. The first-order chi connectivity index (χ1) is 10.8. The van der Waals surface area contributed by atoms with Gasteiger partial charge in [-0.3, -0.25) is 9.69 Å². The normalized spacial score (nSPS) is 26.9. The molecule has 3 fully saturated rings. The van der Waals surface area contributed by atoms with Crippen molar-refractivity contribution >= 4 is 5.91 Å². The fourth-order valence-corrected chi connectivity index (χ4v) is 3.93. The third-order valence-corrected chi connectivity index (χ3v) is 5.25. The standard InChI is InChI=1S/C17H30N2O3/c20-16(18-15-5-3-1-2-4-6-15)13-19-9-7-14(8-10-19)17-21-11-12-22-17/h14-15,17H,1-13H2,(H,18,20). The van der Waals surface area contributed by atoms with Crippen molar-refractivity contribution in [2.24, 2.45) is 5.92 Å². The number of hydrogen-bond donors (Lipinski definition) is 1. The zero-order valence-electron chi connectivity index (χ0n) is 13.6. The van der Waals surface area contributed by atoms with Crippen LogP contribution in [0.2, 0.25) is 0 Å². The summed E-state index contributed by atoms with van der Waals surface area (Å²) in [6, 6.07) is 0.410. The molecule has 22 heavy (non-hydrogen) atoms. The predicted molar refractivity (Wildman–Crippen MR) is 84.5 cm³/mol. The third kappa shape index (κ3) is 4.67. The van der Waals surface area contributed by atoms with E-state index in [0.717, 1.165) is 52.0 Å². The number of carbonyl (C=O) groups excluding carboxylic acids is 1. The molecule has 0 radical (unpaired) electrons. The maximum absolute atomic E-state index is 12.2. The molecule has 2 heterocycles. The molecule has 1 amide bonds. The van der Waals surface area contributed by atoms with Crippen LogP contribution in [0, 0.1) is 5.92 Å². The van der Waals surface area contributed by atoms with Gasteiger partial charge in [0.1, 0.15) is 0 Å². The second-order valence-corrected chi connectivity index (χ2v) is 6.98. The van der Waals surface area contributed by atoms with Gasteiger partial charge in [0.2, 0.25) is 5.91 Å². The Balaban J connectivity index is 1.35. The van der Waals surface area contributed by atoms with Gasteiger partial charge in [-0.1, -0.05) is 25.7 Å². The number of piperidine rings is 1. The van der Waals surface area contributed by atoms with E-state index in [-0.39, 0.29) is 12.2 Å². The Bertz CT molecular complexity index is 342. The fourth-order valence-electron chi connectivity index (χ4n) is 3.93. The van der Waals surface area contributed by atoms with Gasteiger partial charge in [-0.25, -0.2) is 0 Å². The number of likely N-dealkylation sites (tertiary alicyclic amines) is 1. The lowest BCUT2D eigenvalue weighted by atomic mass is 9.96. The Morgan fingerprint density at radius 3 is 2.23 bits per heavy atom. The molecular formula is C17H30N2O3. The number of ether oxygens (including phenoxy) is 2. The zero-order chi connectivity index (χ0) is 15.2. The molecule has 0 atom stereocenters. The minimum atomic E-state index is 0.00182. The minimum absolute atomic E-state index is 0.00182. The van der Waals surface area contributed by atoms with Crippen molar-refractivity contribution in [3.63, 3.8) is 0 Å². The van der Waals surface area contributed by atoms with Crippen molar-refractivity contribution in [3.05, 3.63) is 0 Å². The minimum Gasteiger partial charge on any atom is -0.352 e.